The van der Waals surface area contributed by atoms with E-state index in [1.165, 1.54) is 46.1 Å². The smallest absolute Gasteiger partial charge is 0.270 e. The van der Waals surface area contributed by atoms with Gasteiger partial charge in [-0.15, -0.1) is 11.3 Å². The van der Waals surface area contributed by atoms with Crippen LogP contribution in [-0.4, -0.2) is 14.2 Å². The van der Waals surface area contributed by atoms with E-state index in [4.69, 9.17) is 0 Å². The lowest BCUT2D eigenvalue weighted by atomic mass is 10.2. The molecule has 9 heteroatoms. The summed E-state index contributed by atoms with van der Waals surface area (Å²) in [6.45, 7) is -0.00471. The molecule has 0 atom stereocenters. The van der Waals surface area contributed by atoms with Gasteiger partial charge in [0.25, 0.3) is 10.0 Å². The molecule has 5 nitrogen and oxygen atoms in total. The van der Waals surface area contributed by atoms with Gasteiger partial charge in [0.15, 0.2) is 4.91 Å². The maximum Gasteiger partial charge on any atom is 0.270 e. The summed E-state index contributed by atoms with van der Waals surface area (Å²) in [5.74, 6) is -0.948. The zero-order valence-corrected chi connectivity index (χ0v) is 18.0. The van der Waals surface area contributed by atoms with Gasteiger partial charge in [-0.3, -0.25) is 9.10 Å². The van der Waals surface area contributed by atoms with E-state index in [2.05, 4.69) is 21.2 Å². The van der Waals surface area contributed by atoms with E-state index in [0.29, 0.717) is 21.8 Å². The number of Topliss-reactive ketones (excluding diaryl/α,β-unsaturated/α-hetero) is 1. The number of ketones is 1. The van der Waals surface area contributed by atoms with Gasteiger partial charge < -0.3 is 5.32 Å². The second-order valence-corrected chi connectivity index (χ2v) is 9.92. The van der Waals surface area contributed by atoms with E-state index >= 15 is 0 Å². The molecule has 0 unspecified atom stereocenters. The summed E-state index contributed by atoms with van der Waals surface area (Å²) in [6.07, 6.45) is 1.22. The molecular weight excluding hydrogens is 479 g/mol. The Labute approximate surface area is 179 Å². The minimum absolute atomic E-state index is 0.00471. The second-order valence-electron chi connectivity index (χ2n) is 6.26. The van der Waals surface area contributed by atoms with Gasteiger partial charge in [0.1, 0.15) is 10.7 Å². The van der Waals surface area contributed by atoms with Crippen molar-refractivity contribution in [3.05, 3.63) is 91.8 Å². The van der Waals surface area contributed by atoms with Gasteiger partial charge in [-0.1, -0.05) is 28.1 Å². The number of hydrogen-bond acceptors (Lipinski definition) is 5. The number of thiophene rings is 1. The Hall–Kier alpha value is -2.49. The van der Waals surface area contributed by atoms with Crippen LogP contribution in [-0.2, 0) is 16.6 Å². The molecule has 0 bridgehead atoms. The van der Waals surface area contributed by atoms with Gasteiger partial charge in [0.05, 0.1) is 12.2 Å². The molecular formula is C20H14BrFN2O3S2. The highest BCUT2D eigenvalue weighted by Crippen LogP contribution is 2.39. The first-order valence-electron chi connectivity index (χ1n) is 8.48. The number of nitrogens with one attached hydrogen (secondary N) is 1. The van der Waals surface area contributed by atoms with Crippen LogP contribution in [0.3, 0.4) is 0 Å². The standard InChI is InChI=1S/C20H14BrFN2O3S2/c21-14-3-7-16(8-4-14)23-11-18-19(25)20-17(9-10-28-20)24(29(18,26)27)12-13-1-5-15(22)6-2-13/h1-11,23H,12H2/b18-11-. The highest BCUT2D eigenvalue weighted by molar-refractivity contribution is 9.10. The van der Waals surface area contributed by atoms with Crippen molar-refractivity contribution in [1.29, 1.82) is 0 Å². The highest BCUT2D eigenvalue weighted by atomic mass is 79.9. The molecule has 148 valence electrons. The molecule has 1 aliphatic rings. The van der Waals surface area contributed by atoms with Crippen molar-refractivity contribution in [1.82, 2.24) is 0 Å². The van der Waals surface area contributed by atoms with E-state index in [1.54, 1.807) is 35.7 Å². The number of halogens is 2. The average molecular weight is 493 g/mol. The third-order valence-electron chi connectivity index (χ3n) is 4.36. The fourth-order valence-electron chi connectivity index (χ4n) is 2.91. The highest BCUT2D eigenvalue weighted by Gasteiger charge is 2.41. The van der Waals surface area contributed by atoms with Gasteiger partial charge in [0.2, 0.25) is 5.78 Å². The number of hydrogen-bond donors (Lipinski definition) is 1. The van der Waals surface area contributed by atoms with Crippen LogP contribution in [0.4, 0.5) is 15.8 Å². The van der Waals surface area contributed by atoms with E-state index < -0.39 is 21.6 Å². The van der Waals surface area contributed by atoms with Crippen LogP contribution in [0.25, 0.3) is 0 Å². The Bertz CT molecular complexity index is 1200. The monoisotopic (exact) mass is 492 g/mol. The fraction of sp³-hybridized carbons (Fsp3) is 0.0500. The number of carbonyl (C=O) groups excluding carboxylic acids is 1. The van der Waals surface area contributed by atoms with Crippen molar-refractivity contribution in [2.45, 2.75) is 6.54 Å². The first kappa shape index (κ1) is 19.8. The number of sulfonamides is 1. The largest absolute Gasteiger partial charge is 0.360 e. The predicted molar refractivity (Wildman–Crippen MR) is 116 cm³/mol. The third kappa shape index (κ3) is 3.85. The molecule has 0 amide bonds. The van der Waals surface area contributed by atoms with Gasteiger partial charge in [-0.2, -0.15) is 0 Å². The predicted octanol–water partition coefficient (Wildman–Crippen LogP) is 5.14. The summed E-state index contributed by atoms with van der Waals surface area (Å²) >= 11 is 4.52. The lowest BCUT2D eigenvalue weighted by Gasteiger charge is -2.29. The molecule has 4 rings (SSSR count). The zero-order valence-electron chi connectivity index (χ0n) is 14.8. The first-order valence-corrected chi connectivity index (χ1v) is 11.6. The molecule has 0 fully saturated rings. The van der Waals surface area contributed by atoms with Crippen molar-refractivity contribution in [3.8, 4) is 0 Å². The summed E-state index contributed by atoms with van der Waals surface area (Å²) in [6, 6.07) is 14.3. The van der Waals surface area contributed by atoms with Crippen LogP contribution in [0.5, 0.6) is 0 Å². The molecule has 0 aliphatic carbocycles. The molecule has 29 heavy (non-hydrogen) atoms. The number of benzene rings is 2. The Morgan fingerprint density at radius 3 is 2.45 bits per heavy atom. The van der Waals surface area contributed by atoms with Crippen molar-refractivity contribution in [2.24, 2.45) is 0 Å². The molecule has 1 N–H and O–H groups in total. The van der Waals surface area contributed by atoms with E-state index in [1.807, 2.05) is 0 Å². The molecule has 1 aromatic heterocycles. The van der Waals surface area contributed by atoms with Crippen LogP contribution >= 0.6 is 27.3 Å². The normalized spacial score (nSPS) is 16.7. The quantitative estimate of drug-likeness (QED) is 0.512. The molecule has 0 saturated carbocycles. The number of carbonyl (C=O) groups is 1. The molecule has 0 radical (unpaired) electrons. The Balaban J connectivity index is 1.73. The Kier molecular flexibility index (Phi) is 5.28. The minimum atomic E-state index is -4.10. The Morgan fingerprint density at radius 1 is 1.07 bits per heavy atom. The van der Waals surface area contributed by atoms with Crippen molar-refractivity contribution < 1.29 is 17.6 Å². The first-order chi connectivity index (χ1) is 13.9. The molecule has 0 saturated heterocycles. The molecule has 3 aromatic rings. The van der Waals surface area contributed by atoms with Gasteiger partial charge in [0, 0.05) is 16.4 Å². The Morgan fingerprint density at radius 2 is 1.76 bits per heavy atom. The maximum atomic E-state index is 13.3. The maximum absolute atomic E-state index is 13.3. The molecule has 2 heterocycles. The summed E-state index contributed by atoms with van der Waals surface area (Å²) in [4.78, 5) is 12.9. The van der Waals surface area contributed by atoms with Crippen LogP contribution in [0, 0.1) is 5.82 Å². The topological polar surface area (TPSA) is 66.5 Å². The third-order valence-corrected chi connectivity index (χ3v) is 7.56. The van der Waals surface area contributed by atoms with Crippen molar-refractivity contribution in [2.75, 3.05) is 9.62 Å². The lowest BCUT2D eigenvalue weighted by molar-refractivity contribution is 0.104. The average Bonchev–Trinajstić information content (AvgIpc) is 3.17. The molecule has 0 spiro atoms. The van der Waals surface area contributed by atoms with Crippen LogP contribution in [0.1, 0.15) is 15.2 Å². The molecule has 2 aromatic carbocycles. The zero-order chi connectivity index (χ0) is 20.6. The van der Waals surface area contributed by atoms with Crippen molar-refractivity contribution in [3.63, 3.8) is 0 Å². The number of anilines is 2. The summed E-state index contributed by atoms with van der Waals surface area (Å²) in [5.41, 5.74) is 1.59. The number of fused-ring (bicyclic) bond motifs is 1. The van der Waals surface area contributed by atoms with Crippen LogP contribution < -0.4 is 9.62 Å². The van der Waals surface area contributed by atoms with E-state index in [0.717, 1.165) is 4.47 Å². The van der Waals surface area contributed by atoms with Gasteiger partial charge in [-0.05, 0) is 53.4 Å². The van der Waals surface area contributed by atoms with E-state index in [9.17, 15) is 17.6 Å². The van der Waals surface area contributed by atoms with Gasteiger partial charge in [-0.25, -0.2) is 12.8 Å². The minimum Gasteiger partial charge on any atom is -0.360 e. The SMILES string of the molecule is O=C1/C(=C/Nc2ccc(Br)cc2)S(=O)(=O)N(Cc2ccc(F)cc2)c2ccsc21. The number of allylic oxidation sites excluding steroid dienone is 1. The molecule has 1 aliphatic heterocycles. The summed E-state index contributed by atoms with van der Waals surface area (Å²) in [7, 11) is -4.10. The number of rotatable bonds is 4. The van der Waals surface area contributed by atoms with Crippen molar-refractivity contribution >= 4 is 54.4 Å². The fourth-order valence-corrected chi connectivity index (χ4v) is 5.65. The summed E-state index contributed by atoms with van der Waals surface area (Å²) in [5, 5.41) is 4.57. The van der Waals surface area contributed by atoms with Crippen LogP contribution in [0.15, 0.2) is 75.6 Å². The summed E-state index contributed by atoms with van der Waals surface area (Å²) < 4.78 is 41.8. The van der Waals surface area contributed by atoms with Crippen LogP contribution in [0.2, 0.25) is 0 Å². The second kappa shape index (κ2) is 7.74. The number of nitrogens with zero attached hydrogens (tertiary/aromatic N) is 1. The lowest BCUT2D eigenvalue weighted by Crippen LogP contribution is -2.38. The van der Waals surface area contributed by atoms with E-state index in [-0.39, 0.29) is 11.4 Å². The van der Waals surface area contributed by atoms with Gasteiger partial charge >= 0.3 is 0 Å².